The van der Waals surface area contributed by atoms with Gasteiger partial charge in [-0.25, -0.2) is 0 Å². The van der Waals surface area contributed by atoms with Crippen molar-refractivity contribution < 1.29 is 4.79 Å². The number of aryl methyl sites for hydroxylation is 1. The summed E-state index contributed by atoms with van der Waals surface area (Å²) < 4.78 is 2.10. The van der Waals surface area contributed by atoms with Gasteiger partial charge < -0.3 is 4.90 Å². The number of amides is 1. The van der Waals surface area contributed by atoms with Crippen molar-refractivity contribution in [1.29, 1.82) is 0 Å². The second-order valence-corrected chi connectivity index (χ2v) is 8.16. The van der Waals surface area contributed by atoms with Gasteiger partial charge in [-0.3, -0.25) is 9.48 Å². The number of hydrogen-bond acceptors (Lipinski definition) is 3. The maximum Gasteiger partial charge on any atom is 0.223 e. The van der Waals surface area contributed by atoms with Crippen LogP contribution in [0.5, 0.6) is 0 Å². The minimum absolute atomic E-state index is 0.266. The first kappa shape index (κ1) is 17.2. The molecule has 0 radical (unpaired) electrons. The molecule has 0 N–H and O–H groups in total. The fourth-order valence-corrected chi connectivity index (χ4v) is 4.36. The Morgan fingerprint density at radius 2 is 2.17 bits per heavy atom. The Balaban J connectivity index is 1.62. The van der Waals surface area contributed by atoms with Crippen LogP contribution in [0.15, 0.2) is 11.4 Å². The summed E-state index contributed by atoms with van der Waals surface area (Å²) in [5.41, 5.74) is 4.86. The van der Waals surface area contributed by atoms with E-state index in [0.717, 1.165) is 38.2 Å². The fraction of sp³-hybridized carbons (Fsp3) is 0.579. The summed E-state index contributed by atoms with van der Waals surface area (Å²) in [5.74, 6) is 0.841. The Morgan fingerprint density at radius 1 is 1.38 bits per heavy atom. The number of hydrogen-bond donors (Lipinski definition) is 0. The van der Waals surface area contributed by atoms with Crippen LogP contribution in [0.2, 0.25) is 0 Å². The van der Waals surface area contributed by atoms with Crippen LogP contribution in [0.4, 0.5) is 0 Å². The third kappa shape index (κ3) is 3.56. The van der Waals surface area contributed by atoms with Gasteiger partial charge >= 0.3 is 0 Å². The van der Waals surface area contributed by atoms with Crippen molar-refractivity contribution in [2.45, 2.75) is 60.0 Å². The molecule has 3 heterocycles. The van der Waals surface area contributed by atoms with E-state index < -0.39 is 0 Å². The summed E-state index contributed by atoms with van der Waals surface area (Å²) in [7, 11) is 0. The first-order valence-electron chi connectivity index (χ1n) is 8.81. The zero-order valence-corrected chi connectivity index (χ0v) is 15.9. The summed E-state index contributed by atoms with van der Waals surface area (Å²) in [6.45, 7) is 11.2. The normalized spacial score (nSPS) is 14.3. The lowest BCUT2D eigenvalue weighted by molar-refractivity contribution is -0.132. The highest BCUT2D eigenvalue weighted by Gasteiger charge is 2.22. The van der Waals surface area contributed by atoms with Crippen LogP contribution < -0.4 is 0 Å². The molecule has 2 aromatic heterocycles. The number of fused-ring (bicyclic) bond motifs is 1. The van der Waals surface area contributed by atoms with E-state index >= 15 is 0 Å². The molecule has 0 saturated carbocycles. The van der Waals surface area contributed by atoms with Gasteiger partial charge in [0.05, 0.1) is 5.69 Å². The molecule has 0 fully saturated rings. The Morgan fingerprint density at radius 3 is 2.92 bits per heavy atom. The van der Waals surface area contributed by atoms with Crippen LogP contribution in [0.3, 0.4) is 0 Å². The van der Waals surface area contributed by atoms with E-state index in [0.29, 0.717) is 12.3 Å². The Labute approximate surface area is 148 Å². The van der Waals surface area contributed by atoms with Crippen molar-refractivity contribution >= 4 is 17.2 Å². The molecule has 4 nitrogen and oxygen atoms in total. The van der Waals surface area contributed by atoms with E-state index in [2.05, 4.69) is 48.9 Å². The molecular formula is C19H27N3OS. The van der Waals surface area contributed by atoms with Crippen molar-refractivity contribution in [3.8, 4) is 0 Å². The summed E-state index contributed by atoms with van der Waals surface area (Å²) in [6, 6.07) is 2.16. The SMILES string of the molecule is Cc1nn(CC(C)C)c(C)c1CCC(=O)N1CCc2sccc2C1. The zero-order valence-electron chi connectivity index (χ0n) is 15.1. The van der Waals surface area contributed by atoms with Crippen molar-refractivity contribution in [2.24, 2.45) is 5.92 Å². The van der Waals surface area contributed by atoms with Crippen molar-refractivity contribution in [3.63, 3.8) is 0 Å². The summed E-state index contributed by atoms with van der Waals surface area (Å²) >= 11 is 1.81. The molecule has 0 aromatic carbocycles. The molecule has 5 heteroatoms. The van der Waals surface area contributed by atoms with Crippen LogP contribution in [-0.4, -0.2) is 27.1 Å². The van der Waals surface area contributed by atoms with E-state index in [1.165, 1.54) is 21.7 Å². The number of thiophene rings is 1. The molecule has 1 aliphatic rings. The summed E-state index contributed by atoms with van der Waals surface area (Å²) in [6.07, 6.45) is 2.37. The molecule has 0 saturated heterocycles. The lowest BCUT2D eigenvalue weighted by atomic mass is 10.1. The molecule has 0 bridgehead atoms. The van der Waals surface area contributed by atoms with E-state index in [1.54, 1.807) is 0 Å². The molecule has 130 valence electrons. The first-order valence-corrected chi connectivity index (χ1v) is 9.69. The average Bonchev–Trinajstić information content (AvgIpc) is 3.09. The van der Waals surface area contributed by atoms with E-state index in [-0.39, 0.29) is 5.91 Å². The van der Waals surface area contributed by atoms with E-state index in [9.17, 15) is 4.79 Å². The highest BCUT2D eigenvalue weighted by molar-refractivity contribution is 7.10. The minimum atomic E-state index is 0.266. The topological polar surface area (TPSA) is 38.1 Å². The molecule has 3 rings (SSSR count). The molecule has 1 amide bonds. The highest BCUT2D eigenvalue weighted by atomic mass is 32.1. The number of rotatable bonds is 5. The van der Waals surface area contributed by atoms with Crippen LogP contribution in [0, 0.1) is 19.8 Å². The van der Waals surface area contributed by atoms with Gasteiger partial charge in [0.2, 0.25) is 5.91 Å². The third-order valence-corrected chi connectivity index (χ3v) is 5.84. The van der Waals surface area contributed by atoms with Gasteiger partial charge in [-0.2, -0.15) is 5.10 Å². The first-order chi connectivity index (χ1) is 11.5. The van der Waals surface area contributed by atoms with Crippen molar-refractivity contribution in [2.75, 3.05) is 6.54 Å². The van der Waals surface area contributed by atoms with Crippen molar-refractivity contribution in [1.82, 2.24) is 14.7 Å². The number of carbonyl (C=O) groups is 1. The van der Waals surface area contributed by atoms with Gasteiger partial charge in [0.15, 0.2) is 0 Å². The molecule has 0 unspecified atom stereocenters. The van der Waals surface area contributed by atoms with Gasteiger partial charge in [-0.05, 0) is 55.2 Å². The quantitative estimate of drug-likeness (QED) is 0.828. The van der Waals surface area contributed by atoms with Crippen molar-refractivity contribution in [3.05, 3.63) is 38.8 Å². The van der Waals surface area contributed by atoms with E-state index in [1.807, 2.05) is 16.2 Å². The molecule has 0 spiro atoms. The summed E-state index contributed by atoms with van der Waals surface area (Å²) in [4.78, 5) is 16.1. The smallest absolute Gasteiger partial charge is 0.223 e. The average molecular weight is 346 g/mol. The number of carbonyl (C=O) groups excluding carboxylic acids is 1. The maximum absolute atomic E-state index is 12.6. The molecule has 0 aliphatic carbocycles. The van der Waals surface area contributed by atoms with Gasteiger partial charge in [-0.1, -0.05) is 13.8 Å². The largest absolute Gasteiger partial charge is 0.338 e. The van der Waals surface area contributed by atoms with Crippen LogP contribution >= 0.6 is 11.3 Å². The van der Waals surface area contributed by atoms with Gasteiger partial charge in [0.1, 0.15) is 0 Å². The zero-order chi connectivity index (χ0) is 17.3. The minimum Gasteiger partial charge on any atom is -0.338 e. The molecule has 2 aromatic rings. The number of nitrogens with zero attached hydrogens (tertiary/aromatic N) is 3. The highest BCUT2D eigenvalue weighted by Crippen LogP contribution is 2.25. The van der Waals surface area contributed by atoms with Crippen LogP contribution in [0.25, 0.3) is 0 Å². The lowest BCUT2D eigenvalue weighted by Crippen LogP contribution is -2.35. The predicted molar refractivity (Wildman–Crippen MR) is 98.3 cm³/mol. The molecular weight excluding hydrogens is 318 g/mol. The Kier molecular flexibility index (Phi) is 5.09. The van der Waals surface area contributed by atoms with Gasteiger partial charge in [0, 0.05) is 36.6 Å². The van der Waals surface area contributed by atoms with Crippen LogP contribution in [-0.2, 0) is 30.7 Å². The molecule has 24 heavy (non-hydrogen) atoms. The van der Waals surface area contributed by atoms with Gasteiger partial charge in [0.25, 0.3) is 0 Å². The Bertz CT molecular complexity index is 729. The lowest BCUT2D eigenvalue weighted by Gasteiger charge is -2.27. The standard InChI is InChI=1S/C19H27N3OS/c1-13(2)11-22-15(4)17(14(3)20-22)5-6-19(23)21-9-7-18-16(12-21)8-10-24-18/h8,10,13H,5-7,9,11-12H2,1-4H3. The molecule has 1 aliphatic heterocycles. The van der Waals surface area contributed by atoms with E-state index in [4.69, 9.17) is 0 Å². The summed E-state index contributed by atoms with van der Waals surface area (Å²) in [5, 5.41) is 6.79. The monoisotopic (exact) mass is 345 g/mol. The van der Waals surface area contributed by atoms with Gasteiger partial charge in [-0.15, -0.1) is 11.3 Å². The third-order valence-electron chi connectivity index (χ3n) is 4.82. The van der Waals surface area contributed by atoms with Crippen LogP contribution in [0.1, 0.15) is 47.7 Å². The molecule has 0 atom stereocenters. The number of aromatic nitrogens is 2. The Hall–Kier alpha value is -1.62. The second-order valence-electron chi connectivity index (χ2n) is 7.16. The maximum atomic E-state index is 12.6. The fourth-order valence-electron chi connectivity index (χ4n) is 3.47. The predicted octanol–water partition coefficient (Wildman–Crippen LogP) is 3.73. The second kappa shape index (κ2) is 7.09.